The van der Waals surface area contributed by atoms with E-state index in [-0.39, 0.29) is 0 Å². The number of carbonyl (C=O) groups is 1. The lowest BCUT2D eigenvalue weighted by Gasteiger charge is -1.97. The van der Waals surface area contributed by atoms with Crippen LogP contribution in [0.5, 0.6) is 0 Å². The Labute approximate surface area is 79.9 Å². The van der Waals surface area contributed by atoms with E-state index < -0.39 is 36.8 Å². The van der Waals surface area contributed by atoms with E-state index in [0.717, 1.165) is 0 Å². The van der Waals surface area contributed by atoms with Crippen LogP contribution in [0.4, 0.5) is 13.2 Å². The Kier molecular flexibility index (Phi) is 2.82. The van der Waals surface area contributed by atoms with Gasteiger partial charge in [0.15, 0.2) is 0 Å². The fourth-order valence-corrected chi connectivity index (χ4v) is 0.764. The van der Waals surface area contributed by atoms with E-state index >= 15 is 0 Å². The maximum atomic E-state index is 12.0. The number of aliphatic carboxylic acids is 1. The van der Waals surface area contributed by atoms with E-state index in [2.05, 4.69) is 9.52 Å². The molecule has 1 heterocycles. The van der Waals surface area contributed by atoms with E-state index in [1.807, 2.05) is 0 Å². The highest BCUT2D eigenvalue weighted by Crippen LogP contribution is 2.26. The summed E-state index contributed by atoms with van der Waals surface area (Å²) in [6.45, 7) is -0.465. The summed E-state index contributed by atoms with van der Waals surface area (Å²) in [5, 5.41) is 11.0. The van der Waals surface area contributed by atoms with Gasteiger partial charge in [-0.05, 0) is 0 Å². The van der Waals surface area contributed by atoms with Crippen molar-refractivity contribution in [3.63, 3.8) is 0 Å². The maximum Gasteiger partial charge on any atom is 0.470 e. The summed E-state index contributed by atoms with van der Waals surface area (Å²) in [5.74, 6) is -4.26. The molecule has 0 unspecified atom stereocenters. The molecule has 1 aromatic rings. The van der Waals surface area contributed by atoms with Crippen molar-refractivity contribution in [1.82, 2.24) is 9.78 Å². The van der Waals surface area contributed by atoms with Gasteiger partial charge >= 0.3 is 23.8 Å². The number of carboxylic acid groups (broad SMARTS) is 1. The van der Waals surface area contributed by atoms with Gasteiger partial charge in [-0.25, -0.2) is 4.79 Å². The molecule has 0 aliphatic rings. The van der Waals surface area contributed by atoms with Gasteiger partial charge in [0.2, 0.25) is 0 Å². The number of halogens is 3. The Hall–Kier alpha value is -1.80. The molecule has 0 aromatic carbocycles. The SMILES string of the molecule is O=C(O)CCn1nc(C(F)(F)F)oc1=O. The Morgan fingerprint density at radius 3 is 2.53 bits per heavy atom. The fraction of sp³-hybridized carbons (Fsp3) is 0.500. The van der Waals surface area contributed by atoms with Crippen molar-refractivity contribution >= 4 is 5.97 Å². The third kappa shape index (κ3) is 2.82. The molecule has 0 spiro atoms. The maximum absolute atomic E-state index is 12.0. The number of rotatable bonds is 3. The van der Waals surface area contributed by atoms with Crippen LogP contribution < -0.4 is 5.76 Å². The van der Waals surface area contributed by atoms with Crippen molar-refractivity contribution in [2.24, 2.45) is 0 Å². The van der Waals surface area contributed by atoms with Crippen molar-refractivity contribution in [2.45, 2.75) is 19.1 Å². The van der Waals surface area contributed by atoms with Gasteiger partial charge in [0.25, 0.3) is 0 Å². The molecule has 0 fully saturated rings. The van der Waals surface area contributed by atoms with Gasteiger partial charge in [-0.1, -0.05) is 0 Å². The second kappa shape index (κ2) is 3.75. The normalized spacial score (nSPS) is 11.7. The molecule has 0 radical (unpaired) electrons. The average Bonchev–Trinajstić information content (AvgIpc) is 2.42. The highest BCUT2D eigenvalue weighted by molar-refractivity contribution is 5.66. The van der Waals surface area contributed by atoms with Crippen LogP contribution in [0.25, 0.3) is 0 Å². The van der Waals surface area contributed by atoms with E-state index in [1.165, 1.54) is 0 Å². The van der Waals surface area contributed by atoms with Crippen LogP contribution >= 0.6 is 0 Å². The second-order valence-corrected chi connectivity index (χ2v) is 2.54. The van der Waals surface area contributed by atoms with Crippen LogP contribution in [-0.4, -0.2) is 20.9 Å². The minimum atomic E-state index is -4.85. The third-order valence-corrected chi connectivity index (χ3v) is 1.39. The first kappa shape index (κ1) is 11.3. The molecule has 84 valence electrons. The molecule has 1 aromatic heterocycles. The van der Waals surface area contributed by atoms with Gasteiger partial charge in [-0.3, -0.25) is 4.79 Å². The standard InChI is InChI=1S/C6H5F3N2O4/c7-6(8,9)4-10-11(5(14)15-4)2-1-3(12)13/h1-2H2,(H,12,13). The molecule has 9 heteroatoms. The fourth-order valence-electron chi connectivity index (χ4n) is 0.764. The highest BCUT2D eigenvalue weighted by Gasteiger charge is 2.38. The highest BCUT2D eigenvalue weighted by atomic mass is 19.4. The number of aromatic nitrogens is 2. The first-order chi connectivity index (χ1) is 6.80. The topological polar surface area (TPSA) is 85.3 Å². The lowest BCUT2D eigenvalue weighted by Crippen LogP contribution is -2.18. The van der Waals surface area contributed by atoms with Gasteiger partial charge in [0.05, 0.1) is 13.0 Å². The molecule has 0 atom stereocenters. The minimum absolute atomic E-state index is 0.316. The van der Waals surface area contributed by atoms with Gasteiger partial charge in [0.1, 0.15) is 0 Å². The smallest absolute Gasteiger partial charge is 0.470 e. The molecule has 0 aliphatic heterocycles. The summed E-state index contributed by atoms with van der Waals surface area (Å²) >= 11 is 0. The molecule has 15 heavy (non-hydrogen) atoms. The molecule has 1 N–H and O–H groups in total. The van der Waals surface area contributed by atoms with E-state index in [4.69, 9.17) is 5.11 Å². The number of hydrogen-bond donors (Lipinski definition) is 1. The quantitative estimate of drug-likeness (QED) is 0.802. The minimum Gasteiger partial charge on any atom is -0.481 e. The zero-order valence-corrected chi connectivity index (χ0v) is 7.11. The van der Waals surface area contributed by atoms with Crippen molar-refractivity contribution in [3.05, 3.63) is 16.4 Å². The zero-order chi connectivity index (χ0) is 11.6. The molecule has 0 bridgehead atoms. The monoisotopic (exact) mass is 226 g/mol. The lowest BCUT2D eigenvalue weighted by atomic mass is 10.4. The van der Waals surface area contributed by atoms with Crippen molar-refractivity contribution in [1.29, 1.82) is 0 Å². The molecule has 0 saturated carbocycles. The number of hydrogen-bond acceptors (Lipinski definition) is 4. The van der Waals surface area contributed by atoms with Crippen LogP contribution in [0, 0.1) is 0 Å². The molecule has 6 nitrogen and oxygen atoms in total. The van der Waals surface area contributed by atoms with Crippen molar-refractivity contribution in [3.8, 4) is 0 Å². The Morgan fingerprint density at radius 1 is 1.53 bits per heavy atom. The average molecular weight is 226 g/mol. The molecular weight excluding hydrogens is 221 g/mol. The molecule has 0 amide bonds. The molecular formula is C6H5F3N2O4. The number of nitrogens with zero attached hydrogens (tertiary/aromatic N) is 2. The molecule has 0 saturated heterocycles. The van der Waals surface area contributed by atoms with Crippen molar-refractivity contribution < 1.29 is 27.5 Å². The first-order valence-corrected chi connectivity index (χ1v) is 3.67. The molecule has 1 rings (SSSR count). The Bertz CT molecular complexity index is 419. The first-order valence-electron chi connectivity index (χ1n) is 3.67. The Morgan fingerprint density at radius 2 is 2.13 bits per heavy atom. The summed E-state index contributed by atoms with van der Waals surface area (Å²) in [6.07, 6.45) is -5.36. The predicted molar refractivity (Wildman–Crippen MR) is 38.0 cm³/mol. The number of alkyl halides is 3. The van der Waals surface area contributed by atoms with Gasteiger partial charge < -0.3 is 9.52 Å². The summed E-state index contributed by atoms with van der Waals surface area (Å²) < 4.78 is 40.0. The van der Waals surface area contributed by atoms with Crippen LogP contribution in [0.1, 0.15) is 12.3 Å². The van der Waals surface area contributed by atoms with E-state index in [9.17, 15) is 22.8 Å². The van der Waals surface area contributed by atoms with Crippen LogP contribution in [0.2, 0.25) is 0 Å². The van der Waals surface area contributed by atoms with Crippen LogP contribution in [0.3, 0.4) is 0 Å². The third-order valence-electron chi connectivity index (χ3n) is 1.39. The zero-order valence-electron chi connectivity index (χ0n) is 7.11. The van der Waals surface area contributed by atoms with Crippen LogP contribution in [-0.2, 0) is 17.5 Å². The largest absolute Gasteiger partial charge is 0.481 e. The number of aryl methyl sites for hydroxylation is 1. The second-order valence-electron chi connectivity index (χ2n) is 2.54. The summed E-state index contributed by atoms with van der Waals surface area (Å²) in [6, 6.07) is 0. The van der Waals surface area contributed by atoms with E-state index in [0.29, 0.717) is 4.68 Å². The summed E-state index contributed by atoms with van der Waals surface area (Å²) in [4.78, 5) is 20.8. The van der Waals surface area contributed by atoms with Crippen molar-refractivity contribution in [2.75, 3.05) is 0 Å². The van der Waals surface area contributed by atoms with Gasteiger partial charge in [-0.15, -0.1) is 5.10 Å². The lowest BCUT2D eigenvalue weighted by molar-refractivity contribution is -0.157. The number of carboxylic acids is 1. The van der Waals surface area contributed by atoms with Crippen LogP contribution in [0.15, 0.2) is 9.21 Å². The van der Waals surface area contributed by atoms with E-state index in [1.54, 1.807) is 0 Å². The summed E-state index contributed by atoms with van der Waals surface area (Å²) in [5.41, 5.74) is 0. The Balaban J connectivity index is 2.88. The predicted octanol–water partition coefficient (Wildman–Crippen LogP) is 0.330. The van der Waals surface area contributed by atoms with Gasteiger partial charge in [0, 0.05) is 0 Å². The molecule has 0 aliphatic carbocycles. The van der Waals surface area contributed by atoms with Gasteiger partial charge in [-0.2, -0.15) is 17.9 Å². The summed E-state index contributed by atoms with van der Waals surface area (Å²) in [7, 11) is 0.